The predicted octanol–water partition coefficient (Wildman–Crippen LogP) is 3.47. The molecule has 8 heteroatoms. The normalized spacial score (nSPS) is 11.5. The summed E-state index contributed by atoms with van der Waals surface area (Å²) in [5, 5.41) is -0.00718. The number of rotatable bonds is 10. The van der Waals surface area contributed by atoms with Gasteiger partial charge in [-0.25, -0.2) is 13.4 Å². The van der Waals surface area contributed by atoms with E-state index in [2.05, 4.69) is 4.98 Å². The molecule has 3 rings (SSSR count). The van der Waals surface area contributed by atoms with Crippen molar-refractivity contribution in [1.82, 2.24) is 14.5 Å². The molecule has 170 valence electrons. The third kappa shape index (κ3) is 5.63. The molecule has 0 fully saturated rings. The van der Waals surface area contributed by atoms with Crippen LogP contribution in [0, 0.1) is 6.92 Å². The van der Waals surface area contributed by atoms with Gasteiger partial charge in [-0.15, -0.1) is 0 Å². The van der Waals surface area contributed by atoms with E-state index in [4.69, 9.17) is 4.74 Å². The lowest BCUT2D eigenvalue weighted by Crippen LogP contribution is -2.31. The summed E-state index contributed by atoms with van der Waals surface area (Å²) in [5.41, 5.74) is 3.02. The fourth-order valence-corrected chi connectivity index (χ4v) is 4.97. The van der Waals surface area contributed by atoms with Crippen LogP contribution < -0.4 is 0 Å². The first-order valence-electron chi connectivity index (χ1n) is 10.5. The number of benzene rings is 2. The fraction of sp³-hybridized carbons (Fsp3) is 0.333. The van der Waals surface area contributed by atoms with Crippen LogP contribution in [0.25, 0.3) is 0 Å². The second-order valence-electron chi connectivity index (χ2n) is 7.61. The second-order valence-corrected chi connectivity index (χ2v) is 9.49. The maximum absolute atomic E-state index is 13.1. The van der Waals surface area contributed by atoms with Crippen LogP contribution in [0.3, 0.4) is 0 Å². The summed E-state index contributed by atoms with van der Waals surface area (Å²) in [7, 11) is -2.12. The Morgan fingerprint density at radius 1 is 1.09 bits per heavy atom. The lowest BCUT2D eigenvalue weighted by molar-refractivity contribution is 0.0747. The first-order valence-corrected chi connectivity index (χ1v) is 12.2. The van der Waals surface area contributed by atoms with Crippen molar-refractivity contribution in [3.8, 4) is 0 Å². The number of hydrogen-bond acceptors (Lipinski definition) is 5. The number of amides is 1. The molecule has 0 saturated heterocycles. The van der Waals surface area contributed by atoms with E-state index in [1.807, 2.05) is 44.2 Å². The summed E-state index contributed by atoms with van der Waals surface area (Å²) in [5.74, 6) is -0.252. The lowest BCUT2D eigenvalue weighted by atomic mass is 10.1. The molecule has 0 bridgehead atoms. The molecular weight excluding hydrogens is 426 g/mol. The molecule has 1 amide bonds. The summed E-state index contributed by atoms with van der Waals surface area (Å²) < 4.78 is 33.1. The molecule has 1 heterocycles. The van der Waals surface area contributed by atoms with Crippen LogP contribution in [-0.2, 0) is 33.4 Å². The number of carbonyl (C=O) groups excluding carboxylic acids is 1. The Bertz CT molecular complexity index is 1140. The number of nitrogens with zero attached hydrogens (tertiary/aromatic N) is 3. The summed E-state index contributed by atoms with van der Waals surface area (Å²) in [4.78, 5) is 18.9. The minimum Gasteiger partial charge on any atom is -0.383 e. The van der Waals surface area contributed by atoms with Crippen molar-refractivity contribution in [2.75, 3.05) is 20.3 Å². The van der Waals surface area contributed by atoms with Crippen LogP contribution in [0.15, 0.2) is 66.0 Å². The first-order chi connectivity index (χ1) is 15.4. The second kappa shape index (κ2) is 10.6. The number of hydrogen-bond donors (Lipinski definition) is 0. The van der Waals surface area contributed by atoms with E-state index in [1.165, 1.54) is 0 Å². The zero-order valence-corrected chi connectivity index (χ0v) is 19.5. The molecule has 0 atom stereocenters. The number of carbonyl (C=O) groups is 1. The van der Waals surface area contributed by atoms with Crippen LogP contribution in [0.5, 0.6) is 0 Å². The van der Waals surface area contributed by atoms with Crippen LogP contribution in [0.1, 0.15) is 34.1 Å². The van der Waals surface area contributed by atoms with Gasteiger partial charge in [0.2, 0.25) is 15.0 Å². The van der Waals surface area contributed by atoms with Gasteiger partial charge in [-0.05, 0) is 31.5 Å². The highest BCUT2D eigenvalue weighted by molar-refractivity contribution is 7.90. The average Bonchev–Trinajstić information content (AvgIpc) is 3.19. The molecule has 3 aromatic rings. The summed E-state index contributed by atoms with van der Waals surface area (Å²) in [6.45, 7) is 5.25. The van der Waals surface area contributed by atoms with Gasteiger partial charge in [0.15, 0.2) is 0 Å². The standard InChI is InChI=1S/C24H29N3O4S/c1-4-26(23(28)21-12-10-19(2)11-13-21)17-22-16-25-24(27(22)14-15-31-3)32(29,30)18-20-8-6-5-7-9-20/h5-13,16H,4,14-15,17-18H2,1-3H3. The molecule has 2 aromatic carbocycles. The third-order valence-electron chi connectivity index (χ3n) is 5.22. The first kappa shape index (κ1) is 23.7. The highest BCUT2D eigenvalue weighted by atomic mass is 32.2. The van der Waals surface area contributed by atoms with E-state index in [1.54, 1.807) is 47.0 Å². The zero-order chi connectivity index (χ0) is 23.1. The Morgan fingerprint density at radius 2 is 1.78 bits per heavy atom. The molecule has 7 nitrogen and oxygen atoms in total. The average molecular weight is 456 g/mol. The maximum Gasteiger partial charge on any atom is 0.254 e. The largest absolute Gasteiger partial charge is 0.383 e. The smallest absolute Gasteiger partial charge is 0.254 e. The van der Waals surface area contributed by atoms with Gasteiger partial charge in [-0.2, -0.15) is 0 Å². The number of methoxy groups -OCH3 is 1. The van der Waals surface area contributed by atoms with Gasteiger partial charge in [0.05, 0.1) is 30.8 Å². The van der Waals surface area contributed by atoms with Gasteiger partial charge in [0, 0.05) is 25.8 Å². The number of ether oxygens (including phenoxy) is 1. The molecule has 0 aliphatic carbocycles. The van der Waals surface area contributed by atoms with Crippen LogP contribution in [0.4, 0.5) is 0 Å². The van der Waals surface area contributed by atoms with E-state index >= 15 is 0 Å². The van der Waals surface area contributed by atoms with E-state index in [-0.39, 0.29) is 23.4 Å². The fourth-order valence-electron chi connectivity index (χ4n) is 3.45. The van der Waals surface area contributed by atoms with E-state index < -0.39 is 9.84 Å². The predicted molar refractivity (Wildman–Crippen MR) is 123 cm³/mol. The summed E-state index contributed by atoms with van der Waals surface area (Å²) in [6, 6.07) is 16.4. The highest BCUT2D eigenvalue weighted by Gasteiger charge is 2.25. The number of imidazole rings is 1. The van der Waals surface area contributed by atoms with Crippen LogP contribution in [-0.4, -0.2) is 49.0 Å². The topological polar surface area (TPSA) is 81.5 Å². The molecule has 32 heavy (non-hydrogen) atoms. The van der Waals surface area contributed by atoms with Crippen molar-refractivity contribution < 1.29 is 17.9 Å². The Balaban J connectivity index is 1.89. The van der Waals surface area contributed by atoms with Crippen molar-refractivity contribution >= 4 is 15.7 Å². The Hall–Kier alpha value is -2.97. The Labute approximate surface area is 189 Å². The van der Waals surface area contributed by atoms with Crippen LogP contribution in [0.2, 0.25) is 0 Å². The molecule has 0 aliphatic heterocycles. The van der Waals surface area contributed by atoms with Crippen molar-refractivity contribution in [3.05, 3.63) is 83.2 Å². The monoisotopic (exact) mass is 455 g/mol. The van der Waals surface area contributed by atoms with E-state index in [9.17, 15) is 13.2 Å². The molecular formula is C24H29N3O4S. The van der Waals surface area contributed by atoms with Crippen molar-refractivity contribution in [3.63, 3.8) is 0 Å². The van der Waals surface area contributed by atoms with E-state index in [0.717, 1.165) is 5.56 Å². The zero-order valence-electron chi connectivity index (χ0n) is 18.7. The number of aromatic nitrogens is 2. The minimum absolute atomic E-state index is 0.00718. The molecule has 0 radical (unpaired) electrons. The quantitative estimate of drug-likeness (QED) is 0.468. The van der Waals surface area contributed by atoms with Gasteiger partial charge in [0.25, 0.3) is 5.91 Å². The van der Waals surface area contributed by atoms with Crippen molar-refractivity contribution in [1.29, 1.82) is 0 Å². The minimum atomic E-state index is -3.68. The summed E-state index contributed by atoms with van der Waals surface area (Å²) in [6.07, 6.45) is 1.54. The Morgan fingerprint density at radius 3 is 2.41 bits per heavy atom. The molecule has 0 unspecified atom stereocenters. The molecule has 0 aliphatic rings. The van der Waals surface area contributed by atoms with Gasteiger partial charge in [-0.3, -0.25) is 4.79 Å². The van der Waals surface area contributed by atoms with Gasteiger partial charge in [0.1, 0.15) is 0 Å². The van der Waals surface area contributed by atoms with Gasteiger partial charge >= 0.3 is 0 Å². The van der Waals surface area contributed by atoms with Gasteiger partial charge < -0.3 is 14.2 Å². The Kier molecular flexibility index (Phi) is 7.82. The lowest BCUT2D eigenvalue weighted by Gasteiger charge is -2.22. The number of sulfone groups is 1. The van der Waals surface area contributed by atoms with Crippen molar-refractivity contribution in [2.24, 2.45) is 0 Å². The van der Waals surface area contributed by atoms with Crippen molar-refractivity contribution in [2.45, 2.75) is 37.8 Å². The van der Waals surface area contributed by atoms with E-state index in [0.29, 0.717) is 36.5 Å². The highest BCUT2D eigenvalue weighted by Crippen LogP contribution is 2.19. The number of aryl methyl sites for hydroxylation is 1. The molecule has 0 spiro atoms. The maximum atomic E-state index is 13.1. The van der Waals surface area contributed by atoms with Crippen LogP contribution >= 0.6 is 0 Å². The molecule has 0 N–H and O–H groups in total. The SMILES string of the molecule is CCN(Cc1cnc(S(=O)(=O)Cc2ccccc2)n1CCOC)C(=O)c1ccc(C)cc1. The molecule has 0 saturated carbocycles. The third-order valence-corrected chi connectivity index (χ3v) is 6.81. The molecule has 1 aromatic heterocycles. The van der Waals surface area contributed by atoms with Gasteiger partial charge in [-0.1, -0.05) is 48.0 Å². The summed E-state index contributed by atoms with van der Waals surface area (Å²) >= 11 is 0.